The first-order chi connectivity index (χ1) is 11.4. The Morgan fingerprint density at radius 2 is 1.96 bits per heavy atom. The number of fused-ring (bicyclic) bond motifs is 1. The van der Waals surface area contributed by atoms with Crippen LogP contribution in [0.5, 0.6) is 0 Å². The molecule has 24 heavy (non-hydrogen) atoms. The van der Waals surface area contributed by atoms with Crippen molar-refractivity contribution < 1.29 is 13.3 Å². The third-order valence-corrected chi connectivity index (χ3v) is 5.10. The number of hydrogen-bond acceptors (Lipinski definition) is 5. The largest absolute Gasteiger partial charge is 0.373 e. The second-order valence-electron chi connectivity index (χ2n) is 5.77. The minimum Gasteiger partial charge on any atom is -0.373 e. The summed E-state index contributed by atoms with van der Waals surface area (Å²) >= 11 is 0. The maximum atomic E-state index is 11.4. The number of nitro benzene ring substituents is 1. The van der Waals surface area contributed by atoms with Crippen LogP contribution >= 0.6 is 0 Å². The summed E-state index contributed by atoms with van der Waals surface area (Å²) in [7, 11) is -3.99. The molecule has 3 N–H and O–H groups in total. The van der Waals surface area contributed by atoms with Gasteiger partial charge in [0.1, 0.15) is 5.69 Å². The maximum Gasteiger partial charge on any atom is 0.293 e. The number of nitrogens with two attached hydrogens (primary N) is 1. The fourth-order valence-electron chi connectivity index (χ4n) is 3.05. The predicted molar refractivity (Wildman–Crippen MR) is 90.2 cm³/mol. The van der Waals surface area contributed by atoms with Crippen molar-refractivity contribution in [2.24, 2.45) is 5.14 Å². The van der Waals surface area contributed by atoms with Gasteiger partial charge in [-0.15, -0.1) is 0 Å². The second kappa shape index (κ2) is 6.21. The molecule has 3 rings (SSSR count). The Hall–Kier alpha value is -2.45. The number of benzene rings is 2. The standard InChI is InChI=1S/C16H17N3O4S/c17-24(22,23)12-8-9-15(16(10-12)19(20)21)18-14-7-3-5-11-4-1-2-6-13(11)14/h1-2,4,6,8-10,14,18H,3,5,7H2,(H2,17,22,23). The van der Waals surface area contributed by atoms with Crippen molar-refractivity contribution in [1.82, 2.24) is 0 Å². The van der Waals surface area contributed by atoms with Crippen LogP contribution in [0.1, 0.15) is 30.0 Å². The smallest absolute Gasteiger partial charge is 0.293 e. The molecule has 8 heteroatoms. The van der Waals surface area contributed by atoms with E-state index < -0.39 is 14.9 Å². The Bertz CT molecular complexity index is 896. The Kier molecular flexibility index (Phi) is 4.25. The monoisotopic (exact) mass is 347 g/mol. The fourth-order valence-corrected chi connectivity index (χ4v) is 3.59. The Morgan fingerprint density at radius 1 is 1.21 bits per heavy atom. The highest BCUT2D eigenvalue weighted by Crippen LogP contribution is 2.35. The molecule has 0 saturated heterocycles. The summed E-state index contributed by atoms with van der Waals surface area (Å²) in [5.41, 5.74) is 2.33. The molecular formula is C16H17N3O4S. The number of primary sulfonamides is 1. The second-order valence-corrected chi connectivity index (χ2v) is 7.33. The van der Waals surface area contributed by atoms with E-state index in [1.807, 2.05) is 18.2 Å². The van der Waals surface area contributed by atoms with Crippen molar-refractivity contribution in [2.45, 2.75) is 30.2 Å². The van der Waals surface area contributed by atoms with E-state index in [0.717, 1.165) is 30.9 Å². The molecule has 1 unspecified atom stereocenters. The minimum atomic E-state index is -3.99. The van der Waals surface area contributed by atoms with E-state index in [9.17, 15) is 18.5 Å². The highest BCUT2D eigenvalue weighted by Gasteiger charge is 2.24. The summed E-state index contributed by atoms with van der Waals surface area (Å²) in [4.78, 5) is 10.4. The van der Waals surface area contributed by atoms with E-state index in [1.54, 1.807) is 0 Å². The summed E-state index contributed by atoms with van der Waals surface area (Å²) in [6, 6.07) is 11.6. The Labute approximate surface area is 139 Å². The lowest BCUT2D eigenvalue weighted by atomic mass is 9.87. The van der Waals surface area contributed by atoms with E-state index in [0.29, 0.717) is 0 Å². The molecule has 0 radical (unpaired) electrons. The molecule has 0 amide bonds. The molecule has 2 aromatic rings. The summed E-state index contributed by atoms with van der Waals surface area (Å²) in [5, 5.41) is 19.6. The minimum absolute atomic E-state index is 0.0472. The van der Waals surface area contributed by atoms with Crippen molar-refractivity contribution in [1.29, 1.82) is 0 Å². The van der Waals surface area contributed by atoms with Gasteiger partial charge in [-0.05, 0) is 42.5 Å². The van der Waals surface area contributed by atoms with Gasteiger partial charge in [0, 0.05) is 6.07 Å². The lowest BCUT2D eigenvalue weighted by molar-refractivity contribution is -0.384. The molecule has 0 fully saturated rings. The molecule has 0 aliphatic heterocycles. The zero-order chi connectivity index (χ0) is 17.3. The SMILES string of the molecule is NS(=O)(=O)c1ccc(NC2CCCc3ccccc32)c([N+](=O)[O-])c1. The zero-order valence-electron chi connectivity index (χ0n) is 12.8. The van der Waals surface area contributed by atoms with Crippen LogP contribution in [0, 0.1) is 10.1 Å². The topological polar surface area (TPSA) is 115 Å². The van der Waals surface area contributed by atoms with Crippen molar-refractivity contribution in [3.63, 3.8) is 0 Å². The van der Waals surface area contributed by atoms with Crippen LogP contribution in [0.25, 0.3) is 0 Å². The van der Waals surface area contributed by atoms with Gasteiger partial charge < -0.3 is 5.32 Å². The number of anilines is 1. The van der Waals surface area contributed by atoms with Gasteiger partial charge in [-0.1, -0.05) is 24.3 Å². The fraction of sp³-hybridized carbons (Fsp3) is 0.250. The van der Waals surface area contributed by atoms with Gasteiger partial charge in [-0.2, -0.15) is 0 Å². The van der Waals surface area contributed by atoms with Crippen LogP contribution in [-0.4, -0.2) is 13.3 Å². The van der Waals surface area contributed by atoms with Crippen LogP contribution in [0.4, 0.5) is 11.4 Å². The van der Waals surface area contributed by atoms with Gasteiger partial charge >= 0.3 is 0 Å². The molecule has 0 spiro atoms. The third-order valence-electron chi connectivity index (χ3n) is 4.19. The normalized spacial score (nSPS) is 17.1. The van der Waals surface area contributed by atoms with Gasteiger partial charge in [0.15, 0.2) is 0 Å². The van der Waals surface area contributed by atoms with Crippen molar-refractivity contribution in [3.8, 4) is 0 Å². The number of aryl methyl sites for hydroxylation is 1. The van der Waals surface area contributed by atoms with Gasteiger partial charge in [-0.25, -0.2) is 13.6 Å². The van der Waals surface area contributed by atoms with Crippen LogP contribution in [-0.2, 0) is 16.4 Å². The Balaban J connectivity index is 1.98. The lowest BCUT2D eigenvalue weighted by Gasteiger charge is -2.27. The summed E-state index contributed by atoms with van der Waals surface area (Å²) in [5.74, 6) is 0. The van der Waals surface area contributed by atoms with Gasteiger partial charge in [0.25, 0.3) is 5.69 Å². The van der Waals surface area contributed by atoms with Crippen LogP contribution < -0.4 is 10.5 Å². The van der Waals surface area contributed by atoms with Crippen LogP contribution in [0.3, 0.4) is 0 Å². The lowest BCUT2D eigenvalue weighted by Crippen LogP contribution is -2.18. The molecule has 2 aromatic carbocycles. The van der Waals surface area contributed by atoms with E-state index in [-0.39, 0.29) is 22.3 Å². The summed E-state index contributed by atoms with van der Waals surface area (Å²) in [6.07, 6.45) is 2.82. The molecule has 0 heterocycles. The first-order valence-electron chi connectivity index (χ1n) is 7.52. The molecule has 1 aliphatic rings. The van der Waals surface area contributed by atoms with Crippen LogP contribution in [0.2, 0.25) is 0 Å². The van der Waals surface area contributed by atoms with Gasteiger partial charge in [0.2, 0.25) is 10.0 Å². The zero-order valence-corrected chi connectivity index (χ0v) is 13.6. The molecule has 126 valence electrons. The number of nitrogens with one attached hydrogen (secondary N) is 1. The van der Waals surface area contributed by atoms with E-state index in [1.165, 1.54) is 17.7 Å². The predicted octanol–water partition coefficient (Wildman–Crippen LogP) is 2.73. The van der Waals surface area contributed by atoms with Crippen molar-refractivity contribution in [3.05, 3.63) is 63.7 Å². The third kappa shape index (κ3) is 3.24. The number of nitro groups is 1. The number of nitrogens with zero attached hydrogens (tertiary/aromatic N) is 1. The highest BCUT2D eigenvalue weighted by atomic mass is 32.2. The quantitative estimate of drug-likeness (QED) is 0.652. The molecule has 7 nitrogen and oxygen atoms in total. The summed E-state index contributed by atoms with van der Waals surface area (Å²) < 4.78 is 22.8. The molecule has 1 aliphatic carbocycles. The van der Waals surface area contributed by atoms with Crippen molar-refractivity contribution in [2.75, 3.05) is 5.32 Å². The average molecular weight is 347 g/mol. The molecular weight excluding hydrogens is 330 g/mol. The van der Waals surface area contributed by atoms with E-state index >= 15 is 0 Å². The molecule has 0 saturated carbocycles. The average Bonchev–Trinajstić information content (AvgIpc) is 2.54. The first-order valence-corrected chi connectivity index (χ1v) is 9.06. The molecule has 0 bridgehead atoms. The van der Waals surface area contributed by atoms with E-state index in [2.05, 4.69) is 11.4 Å². The number of rotatable bonds is 4. The maximum absolute atomic E-state index is 11.4. The Morgan fingerprint density at radius 3 is 2.67 bits per heavy atom. The van der Waals surface area contributed by atoms with Gasteiger partial charge in [0.05, 0.1) is 15.9 Å². The van der Waals surface area contributed by atoms with Gasteiger partial charge in [-0.3, -0.25) is 10.1 Å². The van der Waals surface area contributed by atoms with Crippen molar-refractivity contribution >= 4 is 21.4 Å². The molecule has 1 atom stereocenters. The van der Waals surface area contributed by atoms with Crippen LogP contribution in [0.15, 0.2) is 47.4 Å². The van der Waals surface area contributed by atoms with E-state index in [4.69, 9.17) is 5.14 Å². The number of sulfonamides is 1. The highest BCUT2D eigenvalue weighted by molar-refractivity contribution is 7.89. The first kappa shape index (κ1) is 16.4. The molecule has 0 aromatic heterocycles. The number of hydrogen-bond donors (Lipinski definition) is 2. The summed E-state index contributed by atoms with van der Waals surface area (Å²) in [6.45, 7) is 0.